The van der Waals surface area contributed by atoms with Gasteiger partial charge in [-0.1, -0.05) is 17.7 Å². The highest BCUT2D eigenvalue weighted by molar-refractivity contribution is 6.30. The van der Waals surface area contributed by atoms with Crippen molar-refractivity contribution in [1.29, 1.82) is 0 Å². The summed E-state index contributed by atoms with van der Waals surface area (Å²) in [5, 5.41) is 0.313. The Kier molecular flexibility index (Phi) is 3.79. The molecule has 0 spiro atoms. The molecule has 0 bridgehead atoms. The fourth-order valence-electron chi connectivity index (χ4n) is 1.50. The summed E-state index contributed by atoms with van der Waals surface area (Å²) in [6.07, 6.45) is 1.56. The van der Waals surface area contributed by atoms with E-state index in [1.165, 1.54) is 12.1 Å². The molecule has 0 aliphatic rings. The van der Waals surface area contributed by atoms with Gasteiger partial charge in [-0.05, 0) is 31.2 Å². The molecule has 1 heterocycles. The quantitative estimate of drug-likeness (QED) is 0.922. The number of hydrogen-bond acceptors (Lipinski definition) is 3. The molecular formula is C13H12ClFN2O. The number of hydrogen-bond donors (Lipinski definition) is 1. The number of benzene rings is 1. The highest BCUT2D eigenvalue weighted by atomic mass is 35.5. The van der Waals surface area contributed by atoms with Gasteiger partial charge < -0.3 is 10.5 Å². The van der Waals surface area contributed by atoms with Crippen molar-refractivity contribution in [3.05, 3.63) is 52.9 Å². The molecule has 0 fully saturated rings. The zero-order chi connectivity index (χ0) is 13.1. The monoisotopic (exact) mass is 266 g/mol. The molecule has 94 valence electrons. The van der Waals surface area contributed by atoms with E-state index in [4.69, 9.17) is 22.1 Å². The van der Waals surface area contributed by atoms with E-state index in [1.54, 1.807) is 24.4 Å². The molecule has 5 heteroatoms. The predicted molar refractivity (Wildman–Crippen MR) is 68.3 cm³/mol. The van der Waals surface area contributed by atoms with Crippen LogP contribution in [-0.2, 0) is 0 Å². The number of nitrogens with two attached hydrogens (primary N) is 1. The van der Waals surface area contributed by atoms with E-state index in [0.717, 1.165) is 0 Å². The molecule has 2 rings (SSSR count). The number of nitrogens with zero attached hydrogens (tertiary/aromatic N) is 1. The third-order valence-corrected chi connectivity index (χ3v) is 2.63. The van der Waals surface area contributed by atoms with Crippen molar-refractivity contribution in [3.63, 3.8) is 0 Å². The minimum absolute atomic E-state index is 0.0694. The molecule has 0 saturated carbocycles. The van der Waals surface area contributed by atoms with E-state index < -0.39 is 5.82 Å². The molecule has 1 aromatic heterocycles. The minimum Gasteiger partial charge on any atom is -0.436 e. The molecule has 3 nitrogen and oxygen atoms in total. The van der Waals surface area contributed by atoms with Crippen LogP contribution in [0.3, 0.4) is 0 Å². The molecule has 1 aromatic carbocycles. The molecule has 1 atom stereocenters. The zero-order valence-electron chi connectivity index (χ0n) is 9.73. The van der Waals surface area contributed by atoms with Gasteiger partial charge in [0.1, 0.15) is 0 Å². The summed E-state index contributed by atoms with van der Waals surface area (Å²) in [4.78, 5) is 4.06. The Bertz CT molecular complexity index is 560. The van der Waals surface area contributed by atoms with Gasteiger partial charge in [-0.15, -0.1) is 0 Å². The van der Waals surface area contributed by atoms with Gasteiger partial charge in [-0.25, -0.2) is 9.37 Å². The predicted octanol–water partition coefficient (Wildman–Crippen LogP) is 3.69. The minimum atomic E-state index is -0.538. The van der Waals surface area contributed by atoms with Gasteiger partial charge in [0.15, 0.2) is 11.6 Å². The lowest BCUT2D eigenvalue weighted by atomic mass is 10.1. The first-order chi connectivity index (χ1) is 8.58. The average Bonchev–Trinajstić information content (AvgIpc) is 2.33. The maximum Gasteiger partial charge on any atom is 0.224 e. The van der Waals surface area contributed by atoms with E-state index in [-0.39, 0.29) is 11.8 Å². The summed E-state index contributed by atoms with van der Waals surface area (Å²) in [5.74, 6) is -0.169. The van der Waals surface area contributed by atoms with Crippen LogP contribution in [0.5, 0.6) is 11.6 Å². The fourth-order valence-corrected chi connectivity index (χ4v) is 1.66. The lowest BCUT2D eigenvalue weighted by Gasteiger charge is -2.12. The first-order valence-corrected chi connectivity index (χ1v) is 5.79. The highest BCUT2D eigenvalue weighted by Crippen LogP contribution is 2.29. The first kappa shape index (κ1) is 12.8. The molecule has 0 aliphatic carbocycles. The number of halogens is 2. The Balaban J connectivity index is 2.34. The summed E-state index contributed by atoms with van der Waals surface area (Å²) >= 11 is 5.67. The average molecular weight is 267 g/mol. The maximum absolute atomic E-state index is 13.6. The van der Waals surface area contributed by atoms with Gasteiger partial charge in [0.25, 0.3) is 0 Å². The van der Waals surface area contributed by atoms with Gasteiger partial charge in [0, 0.05) is 22.8 Å². The second kappa shape index (κ2) is 5.33. The van der Waals surface area contributed by atoms with Crippen LogP contribution in [0.4, 0.5) is 4.39 Å². The molecule has 0 aliphatic heterocycles. The molecule has 18 heavy (non-hydrogen) atoms. The Labute approximate surface area is 109 Å². The van der Waals surface area contributed by atoms with E-state index >= 15 is 0 Å². The van der Waals surface area contributed by atoms with Crippen molar-refractivity contribution in [2.24, 2.45) is 5.73 Å². The Morgan fingerprint density at radius 3 is 2.83 bits per heavy atom. The zero-order valence-corrected chi connectivity index (χ0v) is 10.5. The topological polar surface area (TPSA) is 48.1 Å². The van der Waals surface area contributed by atoms with Gasteiger partial charge in [-0.3, -0.25) is 0 Å². The van der Waals surface area contributed by atoms with Crippen molar-refractivity contribution >= 4 is 11.6 Å². The van der Waals surface area contributed by atoms with E-state index in [0.29, 0.717) is 16.5 Å². The third kappa shape index (κ3) is 2.78. The van der Waals surface area contributed by atoms with Crippen molar-refractivity contribution in [1.82, 2.24) is 4.98 Å². The van der Waals surface area contributed by atoms with Crippen molar-refractivity contribution < 1.29 is 9.13 Å². The molecule has 0 saturated heterocycles. The maximum atomic E-state index is 13.6. The van der Waals surface area contributed by atoms with Crippen LogP contribution in [0, 0.1) is 5.82 Å². The van der Waals surface area contributed by atoms with Crippen molar-refractivity contribution in [2.45, 2.75) is 13.0 Å². The number of pyridine rings is 1. The Morgan fingerprint density at radius 1 is 1.39 bits per heavy atom. The van der Waals surface area contributed by atoms with Gasteiger partial charge in [0.2, 0.25) is 5.88 Å². The molecule has 0 amide bonds. The highest BCUT2D eigenvalue weighted by Gasteiger charge is 2.12. The van der Waals surface area contributed by atoms with E-state index in [2.05, 4.69) is 4.98 Å². The standard InChI is InChI=1S/C13H12ClFN2O/c1-8(16)10-3-2-6-17-13(10)18-12-5-4-9(14)7-11(12)15/h2-8H,16H2,1H3. The number of ether oxygens (including phenoxy) is 1. The van der Waals surface area contributed by atoms with Crippen LogP contribution in [-0.4, -0.2) is 4.98 Å². The first-order valence-electron chi connectivity index (χ1n) is 5.41. The summed E-state index contributed by atoms with van der Waals surface area (Å²) < 4.78 is 19.0. The number of rotatable bonds is 3. The van der Waals surface area contributed by atoms with Gasteiger partial charge in [-0.2, -0.15) is 0 Å². The largest absolute Gasteiger partial charge is 0.436 e. The van der Waals surface area contributed by atoms with Crippen LogP contribution >= 0.6 is 11.6 Å². The summed E-state index contributed by atoms with van der Waals surface area (Å²) in [6.45, 7) is 1.81. The Hall–Kier alpha value is -1.65. The van der Waals surface area contributed by atoms with E-state index in [1.807, 2.05) is 6.92 Å². The summed E-state index contributed by atoms with van der Waals surface area (Å²) in [6, 6.07) is 7.49. The van der Waals surface area contributed by atoms with Crippen LogP contribution in [0.25, 0.3) is 0 Å². The Morgan fingerprint density at radius 2 is 2.17 bits per heavy atom. The van der Waals surface area contributed by atoms with Crippen LogP contribution in [0.15, 0.2) is 36.5 Å². The molecule has 1 unspecified atom stereocenters. The van der Waals surface area contributed by atoms with Crippen LogP contribution in [0.2, 0.25) is 5.02 Å². The normalized spacial score (nSPS) is 12.2. The number of aromatic nitrogens is 1. The van der Waals surface area contributed by atoms with Crippen molar-refractivity contribution in [3.8, 4) is 11.6 Å². The second-order valence-corrected chi connectivity index (χ2v) is 4.30. The SMILES string of the molecule is CC(N)c1cccnc1Oc1ccc(Cl)cc1F. The molecule has 2 N–H and O–H groups in total. The second-order valence-electron chi connectivity index (χ2n) is 3.86. The smallest absolute Gasteiger partial charge is 0.224 e. The van der Waals surface area contributed by atoms with Gasteiger partial charge >= 0.3 is 0 Å². The van der Waals surface area contributed by atoms with E-state index in [9.17, 15) is 4.39 Å². The summed E-state index contributed by atoms with van der Waals surface area (Å²) in [7, 11) is 0. The molecule has 0 radical (unpaired) electrons. The lowest BCUT2D eigenvalue weighted by molar-refractivity contribution is 0.420. The summed E-state index contributed by atoms with van der Waals surface area (Å²) in [5.41, 5.74) is 6.51. The molecular weight excluding hydrogens is 255 g/mol. The third-order valence-electron chi connectivity index (χ3n) is 2.39. The van der Waals surface area contributed by atoms with Crippen LogP contribution < -0.4 is 10.5 Å². The lowest BCUT2D eigenvalue weighted by Crippen LogP contribution is -2.07. The fraction of sp³-hybridized carbons (Fsp3) is 0.154. The van der Waals surface area contributed by atoms with Crippen LogP contribution in [0.1, 0.15) is 18.5 Å². The molecule has 2 aromatic rings. The van der Waals surface area contributed by atoms with Crippen molar-refractivity contribution in [2.75, 3.05) is 0 Å². The van der Waals surface area contributed by atoms with Gasteiger partial charge in [0.05, 0.1) is 0 Å².